The van der Waals surface area contributed by atoms with Gasteiger partial charge >= 0.3 is 5.69 Å². The van der Waals surface area contributed by atoms with E-state index in [1.165, 1.54) is 32.1 Å². The highest BCUT2D eigenvalue weighted by atomic mass is 16.2. The maximum absolute atomic E-state index is 13.5. The molecule has 1 amide bonds. The zero-order valence-electron chi connectivity index (χ0n) is 17.9. The number of carbonyl (C=O) groups is 1. The molecule has 0 unspecified atom stereocenters. The van der Waals surface area contributed by atoms with E-state index in [1.54, 1.807) is 30.4 Å². The second-order valence-corrected chi connectivity index (χ2v) is 8.83. The van der Waals surface area contributed by atoms with Crippen LogP contribution in [-0.4, -0.2) is 48.0 Å². The van der Waals surface area contributed by atoms with E-state index in [2.05, 4.69) is 15.0 Å². The summed E-state index contributed by atoms with van der Waals surface area (Å²) in [6.07, 6.45) is 11.8. The fourth-order valence-corrected chi connectivity index (χ4v) is 5.06. The van der Waals surface area contributed by atoms with Gasteiger partial charge in [-0.1, -0.05) is 19.3 Å². The van der Waals surface area contributed by atoms with Crippen LogP contribution < -0.4 is 5.69 Å². The van der Waals surface area contributed by atoms with Gasteiger partial charge in [0.2, 0.25) is 0 Å². The molecule has 0 radical (unpaired) electrons. The van der Waals surface area contributed by atoms with E-state index in [0.717, 1.165) is 24.1 Å². The highest BCUT2D eigenvalue weighted by molar-refractivity contribution is 5.93. The number of hydrogen-bond acceptors (Lipinski definition) is 5. The summed E-state index contributed by atoms with van der Waals surface area (Å²) < 4.78 is 3.73. The van der Waals surface area contributed by atoms with Gasteiger partial charge < -0.3 is 4.90 Å². The molecule has 2 fully saturated rings. The van der Waals surface area contributed by atoms with Crippen molar-refractivity contribution in [2.45, 2.75) is 58.0 Å². The molecule has 1 aliphatic heterocycles. The molecule has 8 heteroatoms. The summed E-state index contributed by atoms with van der Waals surface area (Å²) in [6.45, 7) is 3.64. The molecule has 8 nitrogen and oxygen atoms in total. The minimum atomic E-state index is -0.0885. The van der Waals surface area contributed by atoms with Gasteiger partial charge in [0.25, 0.3) is 5.91 Å². The van der Waals surface area contributed by atoms with Crippen molar-refractivity contribution in [1.29, 1.82) is 0 Å². The van der Waals surface area contributed by atoms with E-state index >= 15 is 0 Å². The quantitative estimate of drug-likeness (QED) is 0.648. The third-order valence-corrected chi connectivity index (χ3v) is 6.73. The van der Waals surface area contributed by atoms with E-state index in [1.807, 2.05) is 21.3 Å². The number of imidazole rings is 1. The Morgan fingerprint density at radius 1 is 1.10 bits per heavy atom. The topological polar surface area (TPSA) is 85.9 Å². The molecular weight excluding hydrogens is 392 g/mol. The van der Waals surface area contributed by atoms with Crippen LogP contribution >= 0.6 is 0 Å². The summed E-state index contributed by atoms with van der Waals surface area (Å²) in [7, 11) is 0. The van der Waals surface area contributed by atoms with Crippen molar-refractivity contribution in [2.24, 2.45) is 5.92 Å². The first-order valence-electron chi connectivity index (χ1n) is 11.3. The zero-order valence-corrected chi connectivity index (χ0v) is 17.9. The maximum atomic E-state index is 13.5. The van der Waals surface area contributed by atoms with E-state index in [0.29, 0.717) is 30.4 Å². The molecule has 0 N–H and O–H groups in total. The molecule has 1 saturated carbocycles. The Hall–Kier alpha value is -3.03. The molecule has 0 aromatic carbocycles. The van der Waals surface area contributed by atoms with Gasteiger partial charge in [0, 0.05) is 38.2 Å². The van der Waals surface area contributed by atoms with Crippen LogP contribution in [0.15, 0.2) is 35.5 Å². The molecule has 5 rings (SSSR count). The van der Waals surface area contributed by atoms with Gasteiger partial charge in [0.1, 0.15) is 5.82 Å². The minimum absolute atomic E-state index is 0.00255. The third kappa shape index (κ3) is 3.75. The monoisotopic (exact) mass is 420 g/mol. The number of aryl methyl sites for hydroxylation is 1. The van der Waals surface area contributed by atoms with Gasteiger partial charge in [-0.05, 0) is 44.2 Å². The number of amides is 1. The first-order chi connectivity index (χ1) is 15.1. The van der Waals surface area contributed by atoms with Crippen LogP contribution in [0.1, 0.15) is 60.7 Å². The maximum Gasteiger partial charge on any atom is 0.330 e. The predicted molar refractivity (Wildman–Crippen MR) is 117 cm³/mol. The van der Waals surface area contributed by atoms with Crippen LogP contribution in [0.3, 0.4) is 0 Å². The van der Waals surface area contributed by atoms with Crippen LogP contribution in [0.5, 0.6) is 0 Å². The molecule has 3 aromatic rings. The molecule has 1 saturated heterocycles. The van der Waals surface area contributed by atoms with Crippen LogP contribution in [-0.2, 0) is 6.54 Å². The van der Waals surface area contributed by atoms with Gasteiger partial charge in [0.15, 0.2) is 5.65 Å². The number of rotatable bonds is 4. The lowest BCUT2D eigenvalue weighted by Gasteiger charge is -2.21. The standard InChI is InChI=1S/C23H28N6O2/c1-16-25-12-18(13-26-16)22(30)27-11-9-19(15-27)29-21-20(8-5-10-24-21)28(23(29)31)14-17-6-3-2-4-7-17/h5,8,10,12-13,17,19H,2-4,6-7,9,11,14-15H2,1H3/t19-/m1/s1. The molecule has 3 aromatic heterocycles. The van der Waals surface area contributed by atoms with E-state index in [9.17, 15) is 9.59 Å². The normalized spacial score (nSPS) is 19.9. The summed E-state index contributed by atoms with van der Waals surface area (Å²) in [4.78, 5) is 41.0. The number of nitrogens with zero attached hydrogens (tertiary/aromatic N) is 6. The number of fused-ring (bicyclic) bond motifs is 1. The Bertz CT molecular complexity index is 1140. The highest BCUT2D eigenvalue weighted by Crippen LogP contribution is 2.28. The average molecular weight is 421 g/mol. The van der Waals surface area contributed by atoms with E-state index in [4.69, 9.17) is 0 Å². The average Bonchev–Trinajstić information content (AvgIpc) is 3.38. The van der Waals surface area contributed by atoms with Gasteiger partial charge in [-0.25, -0.2) is 19.7 Å². The van der Waals surface area contributed by atoms with Gasteiger partial charge in [-0.2, -0.15) is 0 Å². The fourth-order valence-electron chi connectivity index (χ4n) is 5.06. The Kier molecular flexibility index (Phi) is 5.29. The summed E-state index contributed by atoms with van der Waals surface area (Å²) in [5, 5.41) is 0. The van der Waals surface area contributed by atoms with Crippen LogP contribution in [0, 0.1) is 12.8 Å². The summed E-state index contributed by atoms with van der Waals surface area (Å²) in [6, 6.07) is 3.81. The van der Waals surface area contributed by atoms with Crippen molar-refractivity contribution in [3.8, 4) is 0 Å². The largest absolute Gasteiger partial charge is 0.336 e. The molecule has 4 heterocycles. The number of pyridine rings is 1. The number of hydrogen-bond donors (Lipinski definition) is 0. The zero-order chi connectivity index (χ0) is 21.4. The molecule has 31 heavy (non-hydrogen) atoms. The Morgan fingerprint density at radius 2 is 1.87 bits per heavy atom. The molecule has 2 aliphatic rings. The van der Waals surface area contributed by atoms with Crippen molar-refractivity contribution in [1.82, 2.24) is 29.0 Å². The molecule has 0 spiro atoms. The van der Waals surface area contributed by atoms with Crippen molar-refractivity contribution >= 4 is 17.1 Å². The summed E-state index contributed by atoms with van der Waals surface area (Å²) >= 11 is 0. The van der Waals surface area contributed by atoms with Crippen molar-refractivity contribution in [2.75, 3.05) is 13.1 Å². The second kappa shape index (κ2) is 8.24. The van der Waals surface area contributed by atoms with Gasteiger partial charge in [-0.3, -0.25) is 13.9 Å². The lowest BCUT2D eigenvalue weighted by Crippen LogP contribution is -2.33. The second-order valence-electron chi connectivity index (χ2n) is 8.83. The van der Waals surface area contributed by atoms with Crippen LogP contribution in [0.25, 0.3) is 11.2 Å². The Labute approximate surface area is 180 Å². The third-order valence-electron chi connectivity index (χ3n) is 6.73. The molecule has 0 bridgehead atoms. The lowest BCUT2D eigenvalue weighted by atomic mass is 9.89. The number of aromatic nitrogens is 5. The van der Waals surface area contributed by atoms with Crippen LogP contribution in [0.2, 0.25) is 0 Å². The summed E-state index contributed by atoms with van der Waals surface area (Å²) in [5.74, 6) is 1.10. The number of likely N-dealkylation sites (tertiary alicyclic amines) is 1. The van der Waals surface area contributed by atoms with Gasteiger partial charge in [0.05, 0.1) is 17.1 Å². The Balaban J connectivity index is 1.42. The van der Waals surface area contributed by atoms with Crippen LogP contribution in [0.4, 0.5) is 0 Å². The van der Waals surface area contributed by atoms with Crippen molar-refractivity contribution < 1.29 is 4.79 Å². The number of carbonyl (C=O) groups excluding carboxylic acids is 1. The minimum Gasteiger partial charge on any atom is -0.336 e. The SMILES string of the molecule is Cc1ncc(C(=O)N2CC[C@@H](n3c(=O)n(CC4CCCCC4)c4cccnc43)C2)cn1. The van der Waals surface area contributed by atoms with Gasteiger partial charge in [-0.15, -0.1) is 0 Å². The smallest absolute Gasteiger partial charge is 0.330 e. The first-order valence-corrected chi connectivity index (χ1v) is 11.3. The highest BCUT2D eigenvalue weighted by Gasteiger charge is 2.32. The molecule has 1 atom stereocenters. The summed E-state index contributed by atoms with van der Waals surface area (Å²) in [5.41, 5.74) is 2.10. The molecular formula is C23H28N6O2. The fraction of sp³-hybridized carbons (Fsp3) is 0.522. The van der Waals surface area contributed by atoms with Crippen molar-refractivity contribution in [3.05, 3.63) is 52.6 Å². The van der Waals surface area contributed by atoms with E-state index < -0.39 is 0 Å². The first kappa shape index (κ1) is 19.9. The van der Waals surface area contributed by atoms with Crippen molar-refractivity contribution in [3.63, 3.8) is 0 Å². The lowest BCUT2D eigenvalue weighted by molar-refractivity contribution is 0.0786. The molecule has 162 valence electrons. The Morgan fingerprint density at radius 3 is 2.65 bits per heavy atom. The molecule has 1 aliphatic carbocycles. The van der Waals surface area contributed by atoms with E-state index in [-0.39, 0.29) is 17.6 Å². The predicted octanol–water partition coefficient (Wildman–Crippen LogP) is 2.96.